The number of β-amino-alcohol motifs (C(OH)–C–C–N with tert-alkyl or cyclic N) is 1. The van der Waals surface area contributed by atoms with Gasteiger partial charge >= 0.3 is 0 Å². The smallest absolute Gasteiger partial charge is 0.225 e. The lowest BCUT2D eigenvalue weighted by Gasteiger charge is -2.17. The normalized spacial score (nSPS) is 20.6. The average molecular weight is 223 g/mol. The van der Waals surface area contributed by atoms with Crippen molar-refractivity contribution < 1.29 is 14.3 Å². The molecule has 0 radical (unpaired) electrons. The molecule has 1 amide bonds. The molecule has 86 valence electrons. The molecule has 1 aliphatic heterocycles. The summed E-state index contributed by atoms with van der Waals surface area (Å²) < 4.78 is 13.0. The van der Waals surface area contributed by atoms with Crippen LogP contribution < -0.4 is 0 Å². The number of aliphatic hydroxyl groups is 1. The molecule has 16 heavy (non-hydrogen) atoms. The lowest BCUT2D eigenvalue weighted by Crippen LogP contribution is -2.25. The van der Waals surface area contributed by atoms with Crippen molar-refractivity contribution in [1.82, 2.24) is 4.90 Å². The second kappa shape index (κ2) is 4.22. The summed E-state index contributed by atoms with van der Waals surface area (Å²) in [5.74, 6) is -0.371. The standard InChI is InChI=1S/C12H14FNO2/c1-8-2-3-10(13)4-9(8)6-14-7-11(15)5-12(14)16/h2-4,11,15H,5-7H2,1H3. The minimum absolute atomic E-state index is 0.0730. The summed E-state index contributed by atoms with van der Waals surface area (Å²) in [5, 5.41) is 9.34. The molecular formula is C12H14FNO2. The Hall–Kier alpha value is -1.42. The Morgan fingerprint density at radius 3 is 2.94 bits per heavy atom. The molecule has 1 saturated heterocycles. The Bertz CT molecular complexity index is 419. The third-order valence-corrected chi connectivity index (χ3v) is 2.87. The molecule has 0 aromatic heterocycles. The number of benzene rings is 1. The molecule has 1 fully saturated rings. The van der Waals surface area contributed by atoms with E-state index in [-0.39, 0.29) is 18.1 Å². The second-order valence-corrected chi connectivity index (χ2v) is 4.20. The van der Waals surface area contributed by atoms with Crippen LogP contribution in [0.5, 0.6) is 0 Å². The molecule has 1 aliphatic rings. The van der Waals surface area contributed by atoms with E-state index < -0.39 is 6.10 Å². The minimum Gasteiger partial charge on any atom is -0.391 e. The number of likely N-dealkylation sites (tertiary alicyclic amines) is 1. The molecule has 0 aliphatic carbocycles. The number of carbonyl (C=O) groups excluding carboxylic acids is 1. The van der Waals surface area contributed by atoms with Crippen LogP contribution in [0.4, 0.5) is 4.39 Å². The average Bonchev–Trinajstić information content (AvgIpc) is 2.51. The molecular weight excluding hydrogens is 209 g/mol. The number of halogens is 1. The van der Waals surface area contributed by atoms with Crippen LogP contribution in [0.2, 0.25) is 0 Å². The fourth-order valence-corrected chi connectivity index (χ4v) is 1.92. The molecule has 1 unspecified atom stereocenters. The quantitative estimate of drug-likeness (QED) is 0.819. The molecule has 1 atom stereocenters. The van der Waals surface area contributed by atoms with Gasteiger partial charge in [-0.2, -0.15) is 0 Å². The summed E-state index contributed by atoms with van der Waals surface area (Å²) >= 11 is 0. The van der Waals surface area contributed by atoms with Gasteiger partial charge in [0.25, 0.3) is 0 Å². The van der Waals surface area contributed by atoms with Crippen molar-refractivity contribution in [1.29, 1.82) is 0 Å². The van der Waals surface area contributed by atoms with Gasteiger partial charge in [0.05, 0.1) is 12.5 Å². The van der Waals surface area contributed by atoms with E-state index >= 15 is 0 Å². The van der Waals surface area contributed by atoms with E-state index in [4.69, 9.17) is 0 Å². The molecule has 0 bridgehead atoms. The van der Waals surface area contributed by atoms with E-state index in [1.807, 2.05) is 6.92 Å². The van der Waals surface area contributed by atoms with Gasteiger partial charge in [-0.3, -0.25) is 4.79 Å². The Morgan fingerprint density at radius 2 is 2.31 bits per heavy atom. The predicted octanol–water partition coefficient (Wildman–Crippen LogP) is 1.23. The summed E-state index contributed by atoms with van der Waals surface area (Å²) in [5.41, 5.74) is 1.75. The van der Waals surface area contributed by atoms with Crippen LogP contribution >= 0.6 is 0 Å². The van der Waals surface area contributed by atoms with Gasteiger partial charge in [0.1, 0.15) is 5.82 Å². The molecule has 4 heteroatoms. The van der Waals surface area contributed by atoms with Gasteiger partial charge in [-0.05, 0) is 30.2 Å². The van der Waals surface area contributed by atoms with Crippen LogP contribution in [0, 0.1) is 12.7 Å². The number of hydrogen-bond donors (Lipinski definition) is 1. The summed E-state index contributed by atoms with van der Waals surface area (Å²) in [7, 11) is 0. The lowest BCUT2D eigenvalue weighted by molar-refractivity contribution is -0.128. The Labute approximate surface area is 93.5 Å². The van der Waals surface area contributed by atoms with Gasteiger partial charge in [-0.15, -0.1) is 0 Å². The molecule has 0 saturated carbocycles. The highest BCUT2D eigenvalue weighted by atomic mass is 19.1. The minimum atomic E-state index is -0.582. The first-order valence-electron chi connectivity index (χ1n) is 5.27. The Morgan fingerprint density at radius 1 is 1.56 bits per heavy atom. The number of hydrogen-bond acceptors (Lipinski definition) is 2. The predicted molar refractivity (Wildman–Crippen MR) is 57.2 cm³/mol. The first kappa shape index (κ1) is 11.1. The summed E-state index contributed by atoms with van der Waals surface area (Å²) in [6.07, 6.45) is -0.407. The van der Waals surface area contributed by atoms with Crippen LogP contribution in [0.3, 0.4) is 0 Å². The Balaban J connectivity index is 2.15. The number of rotatable bonds is 2. The van der Waals surface area contributed by atoms with Crippen LogP contribution in [0.1, 0.15) is 17.5 Å². The number of carbonyl (C=O) groups is 1. The number of aliphatic hydroxyl groups excluding tert-OH is 1. The molecule has 1 aromatic rings. The zero-order valence-corrected chi connectivity index (χ0v) is 9.11. The SMILES string of the molecule is Cc1ccc(F)cc1CN1CC(O)CC1=O. The van der Waals surface area contributed by atoms with Crippen molar-refractivity contribution in [3.05, 3.63) is 35.1 Å². The van der Waals surface area contributed by atoms with Crippen molar-refractivity contribution in [3.63, 3.8) is 0 Å². The molecule has 1 N–H and O–H groups in total. The van der Waals surface area contributed by atoms with Crippen molar-refractivity contribution in [2.75, 3.05) is 6.54 Å². The van der Waals surface area contributed by atoms with E-state index in [9.17, 15) is 14.3 Å². The van der Waals surface area contributed by atoms with Gasteiger partial charge in [-0.25, -0.2) is 4.39 Å². The first-order valence-corrected chi connectivity index (χ1v) is 5.27. The van der Waals surface area contributed by atoms with Gasteiger partial charge in [-0.1, -0.05) is 6.07 Å². The maximum Gasteiger partial charge on any atom is 0.225 e. The highest BCUT2D eigenvalue weighted by Crippen LogP contribution is 2.18. The van der Waals surface area contributed by atoms with E-state index in [0.29, 0.717) is 13.1 Å². The third-order valence-electron chi connectivity index (χ3n) is 2.87. The highest BCUT2D eigenvalue weighted by molar-refractivity contribution is 5.79. The van der Waals surface area contributed by atoms with Crippen molar-refractivity contribution in [3.8, 4) is 0 Å². The molecule has 2 rings (SSSR count). The number of aryl methyl sites for hydroxylation is 1. The Kier molecular flexibility index (Phi) is 2.92. The molecule has 1 aromatic carbocycles. The first-order chi connectivity index (χ1) is 7.56. The number of amides is 1. The van der Waals surface area contributed by atoms with E-state index in [0.717, 1.165) is 11.1 Å². The lowest BCUT2D eigenvalue weighted by atomic mass is 10.1. The van der Waals surface area contributed by atoms with Gasteiger partial charge < -0.3 is 10.0 Å². The maximum absolute atomic E-state index is 13.0. The van der Waals surface area contributed by atoms with Gasteiger partial charge in [0.2, 0.25) is 5.91 Å². The van der Waals surface area contributed by atoms with E-state index in [1.54, 1.807) is 11.0 Å². The fourth-order valence-electron chi connectivity index (χ4n) is 1.92. The molecule has 0 spiro atoms. The van der Waals surface area contributed by atoms with Crippen molar-refractivity contribution in [2.45, 2.75) is 26.0 Å². The summed E-state index contributed by atoms with van der Waals surface area (Å²) in [6.45, 7) is 2.60. The topological polar surface area (TPSA) is 40.5 Å². The van der Waals surface area contributed by atoms with Crippen molar-refractivity contribution >= 4 is 5.91 Å². The zero-order chi connectivity index (χ0) is 11.7. The fraction of sp³-hybridized carbons (Fsp3) is 0.417. The highest BCUT2D eigenvalue weighted by Gasteiger charge is 2.27. The molecule has 1 heterocycles. The molecule has 3 nitrogen and oxygen atoms in total. The van der Waals surface area contributed by atoms with Crippen LogP contribution in [-0.4, -0.2) is 28.6 Å². The van der Waals surface area contributed by atoms with Crippen LogP contribution in [0.15, 0.2) is 18.2 Å². The van der Waals surface area contributed by atoms with Gasteiger partial charge in [0, 0.05) is 13.1 Å². The maximum atomic E-state index is 13.0. The second-order valence-electron chi connectivity index (χ2n) is 4.20. The largest absolute Gasteiger partial charge is 0.391 e. The van der Waals surface area contributed by atoms with E-state index in [2.05, 4.69) is 0 Å². The monoisotopic (exact) mass is 223 g/mol. The van der Waals surface area contributed by atoms with Crippen LogP contribution in [0.25, 0.3) is 0 Å². The van der Waals surface area contributed by atoms with E-state index in [1.165, 1.54) is 12.1 Å². The van der Waals surface area contributed by atoms with Gasteiger partial charge in [0.15, 0.2) is 0 Å². The zero-order valence-electron chi connectivity index (χ0n) is 9.11. The number of nitrogens with zero attached hydrogens (tertiary/aromatic N) is 1. The summed E-state index contributed by atoms with van der Waals surface area (Å²) in [6, 6.07) is 4.54. The van der Waals surface area contributed by atoms with Crippen molar-refractivity contribution in [2.24, 2.45) is 0 Å². The summed E-state index contributed by atoms with van der Waals surface area (Å²) in [4.78, 5) is 13.0. The van der Waals surface area contributed by atoms with Crippen LogP contribution in [-0.2, 0) is 11.3 Å². The third kappa shape index (κ3) is 2.22.